The van der Waals surface area contributed by atoms with Crippen molar-refractivity contribution in [2.75, 3.05) is 0 Å². The van der Waals surface area contributed by atoms with Gasteiger partial charge in [-0.15, -0.1) is 0 Å². The van der Waals surface area contributed by atoms with Crippen LogP contribution in [0.15, 0.2) is 29.3 Å². The van der Waals surface area contributed by atoms with Crippen LogP contribution in [0.25, 0.3) is 0 Å². The highest BCUT2D eigenvalue weighted by atomic mass is 14.7. The Morgan fingerprint density at radius 3 is 2.54 bits per heavy atom. The third-order valence-corrected chi connectivity index (χ3v) is 1.64. The Hall–Kier alpha value is -1.48. The highest BCUT2D eigenvalue weighted by Crippen LogP contribution is 2.11. The summed E-state index contributed by atoms with van der Waals surface area (Å²) < 4.78 is 0. The fraction of sp³-hybridized carbons (Fsp3) is 0.200. The second kappa shape index (κ2) is 5.22. The maximum absolute atomic E-state index is 6.80. The van der Waals surface area contributed by atoms with E-state index in [0.29, 0.717) is 13.0 Å². The van der Waals surface area contributed by atoms with Gasteiger partial charge >= 0.3 is 0 Å². The number of hydrogen-bond acceptors (Lipinski definition) is 3. The molecule has 3 nitrogen and oxygen atoms in total. The highest BCUT2D eigenvalue weighted by molar-refractivity contribution is 5.79. The average Bonchev–Trinajstić information content (AvgIpc) is 2.19. The summed E-state index contributed by atoms with van der Waals surface area (Å²) in [6, 6.07) is 7.75. The third kappa shape index (κ3) is 3.17. The first-order valence-electron chi connectivity index (χ1n) is 4.17. The van der Waals surface area contributed by atoms with Crippen molar-refractivity contribution in [1.82, 2.24) is 0 Å². The van der Waals surface area contributed by atoms with Gasteiger partial charge in [-0.2, -0.15) is 0 Å². The zero-order chi connectivity index (χ0) is 9.52. The molecule has 68 valence electrons. The molecule has 0 fully saturated rings. The quantitative estimate of drug-likeness (QED) is 0.674. The van der Waals surface area contributed by atoms with Gasteiger partial charge in [-0.1, -0.05) is 12.1 Å². The van der Waals surface area contributed by atoms with Gasteiger partial charge in [0.05, 0.1) is 5.69 Å². The second-order valence-corrected chi connectivity index (χ2v) is 2.62. The molecular weight excluding hydrogens is 162 g/mol. The summed E-state index contributed by atoms with van der Waals surface area (Å²) >= 11 is 0. The van der Waals surface area contributed by atoms with Crippen LogP contribution in [0.2, 0.25) is 0 Å². The number of hydrogen-bond donors (Lipinski definition) is 2. The van der Waals surface area contributed by atoms with E-state index in [1.807, 2.05) is 24.3 Å². The van der Waals surface area contributed by atoms with Crippen molar-refractivity contribution in [2.45, 2.75) is 13.0 Å². The van der Waals surface area contributed by atoms with Gasteiger partial charge in [0.2, 0.25) is 0 Å². The van der Waals surface area contributed by atoms with Gasteiger partial charge in [0, 0.05) is 25.4 Å². The smallest absolute Gasteiger partial charge is 0.0626 e. The summed E-state index contributed by atoms with van der Waals surface area (Å²) in [4.78, 5) is 4.15. The van der Waals surface area contributed by atoms with E-state index in [9.17, 15) is 0 Å². The molecule has 1 aromatic rings. The normalized spacial score (nSPS) is 10.5. The standard InChI is InChI=1S/C10H13N3/c11-6-1-7-13-10-4-2-9(8-12)3-5-10/h2-7,11H,1,8,12H2. The van der Waals surface area contributed by atoms with Crippen molar-refractivity contribution < 1.29 is 0 Å². The molecular formula is C10H13N3. The minimum absolute atomic E-state index is 0.560. The lowest BCUT2D eigenvalue weighted by Gasteiger charge is -1.96. The number of nitrogens with one attached hydrogen (secondary N) is 1. The predicted octanol–water partition coefficient (Wildman–Crippen LogP) is 1.89. The molecule has 0 spiro atoms. The van der Waals surface area contributed by atoms with Crippen LogP contribution in [-0.4, -0.2) is 12.4 Å². The number of rotatable bonds is 4. The first-order valence-corrected chi connectivity index (χ1v) is 4.17. The minimum Gasteiger partial charge on any atom is -0.326 e. The number of nitrogens with zero attached hydrogens (tertiary/aromatic N) is 1. The lowest BCUT2D eigenvalue weighted by Crippen LogP contribution is -1.94. The van der Waals surface area contributed by atoms with Crippen LogP contribution in [0.4, 0.5) is 5.69 Å². The Labute approximate surface area is 77.8 Å². The second-order valence-electron chi connectivity index (χ2n) is 2.62. The molecule has 0 unspecified atom stereocenters. The zero-order valence-electron chi connectivity index (χ0n) is 7.40. The van der Waals surface area contributed by atoms with Crippen molar-refractivity contribution in [3.63, 3.8) is 0 Å². The molecule has 0 aliphatic rings. The van der Waals surface area contributed by atoms with Crippen molar-refractivity contribution in [3.8, 4) is 0 Å². The minimum atomic E-state index is 0.560. The molecule has 1 rings (SSSR count). The van der Waals surface area contributed by atoms with E-state index >= 15 is 0 Å². The summed E-state index contributed by atoms with van der Waals surface area (Å²) in [7, 11) is 0. The van der Waals surface area contributed by atoms with E-state index in [0.717, 1.165) is 11.3 Å². The molecule has 1 aromatic carbocycles. The van der Waals surface area contributed by atoms with Gasteiger partial charge < -0.3 is 11.1 Å². The molecule has 13 heavy (non-hydrogen) atoms. The Bertz CT molecular complexity index is 288. The topological polar surface area (TPSA) is 62.2 Å². The molecule has 0 bridgehead atoms. The van der Waals surface area contributed by atoms with Crippen LogP contribution in [-0.2, 0) is 6.54 Å². The van der Waals surface area contributed by atoms with Gasteiger partial charge in [0.25, 0.3) is 0 Å². The Morgan fingerprint density at radius 2 is 2.00 bits per heavy atom. The molecule has 0 radical (unpaired) electrons. The van der Waals surface area contributed by atoms with Gasteiger partial charge in [-0.25, -0.2) is 0 Å². The Balaban J connectivity index is 2.63. The molecule has 0 aromatic heterocycles. The van der Waals surface area contributed by atoms with Gasteiger partial charge in [-0.05, 0) is 17.7 Å². The fourth-order valence-corrected chi connectivity index (χ4v) is 0.929. The molecule has 0 atom stereocenters. The predicted molar refractivity (Wildman–Crippen MR) is 55.9 cm³/mol. The van der Waals surface area contributed by atoms with Gasteiger partial charge in [0.1, 0.15) is 0 Å². The highest BCUT2D eigenvalue weighted by Gasteiger charge is 1.88. The first kappa shape index (κ1) is 9.61. The summed E-state index contributed by atoms with van der Waals surface area (Å²) in [5.41, 5.74) is 7.46. The molecule has 0 amide bonds. The van der Waals surface area contributed by atoms with Crippen LogP contribution in [0, 0.1) is 5.41 Å². The summed E-state index contributed by atoms with van der Waals surface area (Å²) in [6.07, 6.45) is 3.61. The molecule has 3 heteroatoms. The SMILES string of the molecule is N=CCC=Nc1ccc(CN)cc1. The van der Waals surface area contributed by atoms with E-state index in [1.54, 1.807) is 6.21 Å². The van der Waals surface area contributed by atoms with Gasteiger partial charge in [-0.3, -0.25) is 4.99 Å². The summed E-state index contributed by atoms with van der Waals surface area (Å²) in [5, 5.41) is 6.80. The number of aliphatic imine (C=N–C) groups is 1. The summed E-state index contributed by atoms with van der Waals surface area (Å²) in [6.45, 7) is 0.560. The largest absolute Gasteiger partial charge is 0.326 e. The van der Waals surface area contributed by atoms with Crippen molar-refractivity contribution in [1.29, 1.82) is 5.41 Å². The lowest BCUT2D eigenvalue weighted by molar-refractivity contribution is 1.07. The van der Waals surface area contributed by atoms with Crippen molar-refractivity contribution in [3.05, 3.63) is 29.8 Å². The average molecular weight is 175 g/mol. The monoisotopic (exact) mass is 175 g/mol. The maximum Gasteiger partial charge on any atom is 0.0626 e. The maximum atomic E-state index is 6.80. The van der Waals surface area contributed by atoms with E-state index in [4.69, 9.17) is 11.1 Å². The third-order valence-electron chi connectivity index (χ3n) is 1.64. The van der Waals surface area contributed by atoms with Crippen LogP contribution in [0.3, 0.4) is 0 Å². The van der Waals surface area contributed by atoms with E-state index in [2.05, 4.69) is 4.99 Å². The van der Waals surface area contributed by atoms with E-state index in [1.165, 1.54) is 6.21 Å². The Kier molecular flexibility index (Phi) is 3.85. The van der Waals surface area contributed by atoms with Crippen LogP contribution < -0.4 is 5.73 Å². The van der Waals surface area contributed by atoms with E-state index < -0.39 is 0 Å². The van der Waals surface area contributed by atoms with Crippen molar-refractivity contribution in [2.24, 2.45) is 10.7 Å². The Morgan fingerprint density at radius 1 is 1.31 bits per heavy atom. The first-order chi connectivity index (χ1) is 6.36. The molecule has 0 saturated heterocycles. The summed E-state index contributed by atoms with van der Waals surface area (Å²) in [5.74, 6) is 0. The molecule has 0 saturated carbocycles. The molecule has 0 aliphatic carbocycles. The molecule has 0 heterocycles. The van der Waals surface area contributed by atoms with Gasteiger partial charge in [0.15, 0.2) is 0 Å². The van der Waals surface area contributed by atoms with Crippen molar-refractivity contribution >= 4 is 18.1 Å². The molecule has 0 aliphatic heterocycles. The molecule has 3 N–H and O–H groups in total. The number of benzene rings is 1. The van der Waals surface area contributed by atoms with E-state index in [-0.39, 0.29) is 0 Å². The fourth-order valence-electron chi connectivity index (χ4n) is 0.929. The van der Waals surface area contributed by atoms with Crippen LogP contribution in [0.5, 0.6) is 0 Å². The lowest BCUT2D eigenvalue weighted by atomic mass is 10.2. The zero-order valence-corrected chi connectivity index (χ0v) is 7.40. The number of nitrogens with two attached hydrogens (primary N) is 1. The van der Waals surface area contributed by atoms with Crippen LogP contribution >= 0.6 is 0 Å². The van der Waals surface area contributed by atoms with Crippen LogP contribution in [0.1, 0.15) is 12.0 Å².